The monoisotopic (exact) mass is 261 g/mol. The fourth-order valence-corrected chi connectivity index (χ4v) is 1.52. The number of hydrogen-bond acceptors (Lipinski definition) is 6. The summed E-state index contributed by atoms with van der Waals surface area (Å²) in [7, 11) is 1.46. The molecule has 0 atom stereocenters. The van der Waals surface area contributed by atoms with Gasteiger partial charge in [0, 0.05) is 0 Å². The fraction of sp³-hybridized carbons (Fsp3) is 0.167. The SMILES string of the molecule is COc1ccccc1C(=O)c1noc(CC(N)=O)n1. The van der Waals surface area contributed by atoms with E-state index in [9.17, 15) is 9.59 Å². The lowest BCUT2D eigenvalue weighted by molar-refractivity contribution is -0.117. The lowest BCUT2D eigenvalue weighted by atomic mass is 10.1. The lowest BCUT2D eigenvalue weighted by Crippen LogP contribution is -2.14. The van der Waals surface area contributed by atoms with E-state index in [1.54, 1.807) is 24.3 Å². The minimum Gasteiger partial charge on any atom is -0.496 e. The van der Waals surface area contributed by atoms with E-state index in [1.165, 1.54) is 7.11 Å². The molecule has 0 aliphatic carbocycles. The summed E-state index contributed by atoms with van der Waals surface area (Å²) in [6, 6.07) is 6.67. The van der Waals surface area contributed by atoms with Crippen molar-refractivity contribution in [3.8, 4) is 5.75 Å². The van der Waals surface area contributed by atoms with Gasteiger partial charge in [-0.05, 0) is 12.1 Å². The van der Waals surface area contributed by atoms with Gasteiger partial charge in [-0.3, -0.25) is 9.59 Å². The van der Waals surface area contributed by atoms with Gasteiger partial charge in [0.15, 0.2) is 0 Å². The zero-order valence-corrected chi connectivity index (χ0v) is 10.1. The number of hydrogen-bond donors (Lipinski definition) is 1. The molecule has 0 fully saturated rings. The Balaban J connectivity index is 2.28. The Bertz CT molecular complexity index is 621. The van der Waals surface area contributed by atoms with Gasteiger partial charge >= 0.3 is 0 Å². The second kappa shape index (κ2) is 5.30. The summed E-state index contributed by atoms with van der Waals surface area (Å²) in [5, 5.41) is 3.52. The summed E-state index contributed by atoms with van der Waals surface area (Å²) < 4.78 is 9.85. The van der Waals surface area contributed by atoms with E-state index in [0.717, 1.165) is 0 Å². The Morgan fingerprint density at radius 1 is 1.37 bits per heavy atom. The van der Waals surface area contributed by atoms with Crippen LogP contribution in [0, 0.1) is 0 Å². The van der Waals surface area contributed by atoms with Crippen molar-refractivity contribution in [1.82, 2.24) is 10.1 Å². The normalized spacial score (nSPS) is 10.2. The van der Waals surface area contributed by atoms with E-state index in [2.05, 4.69) is 10.1 Å². The third-order valence-corrected chi connectivity index (χ3v) is 2.35. The molecule has 0 saturated heterocycles. The van der Waals surface area contributed by atoms with Crippen molar-refractivity contribution < 1.29 is 18.8 Å². The number of carbonyl (C=O) groups excluding carboxylic acids is 2. The summed E-state index contributed by atoms with van der Waals surface area (Å²) in [5.41, 5.74) is 5.31. The standard InChI is InChI=1S/C12H11N3O4/c1-18-8-5-3-2-4-7(8)11(17)12-14-10(19-15-12)6-9(13)16/h2-5H,6H2,1H3,(H2,13,16). The number of ketones is 1. The number of methoxy groups -OCH3 is 1. The molecule has 98 valence electrons. The molecule has 2 aromatic rings. The van der Waals surface area contributed by atoms with Crippen molar-refractivity contribution in [1.29, 1.82) is 0 Å². The Kier molecular flexibility index (Phi) is 3.56. The average Bonchev–Trinajstić information content (AvgIpc) is 2.85. The smallest absolute Gasteiger partial charge is 0.243 e. The van der Waals surface area contributed by atoms with Gasteiger partial charge in [-0.2, -0.15) is 4.98 Å². The Morgan fingerprint density at radius 2 is 2.11 bits per heavy atom. The summed E-state index contributed by atoms with van der Waals surface area (Å²) in [6.45, 7) is 0. The van der Waals surface area contributed by atoms with E-state index in [0.29, 0.717) is 11.3 Å². The van der Waals surface area contributed by atoms with Crippen LogP contribution in [0.4, 0.5) is 0 Å². The molecule has 0 spiro atoms. The zero-order chi connectivity index (χ0) is 13.8. The molecule has 1 aromatic heterocycles. The zero-order valence-electron chi connectivity index (χ0n) is 10.1. The lowest BCUT2D eigenvalue weighted by Gasteiger charge is -2.04. The number of rotatable bonds is 5. The van der Waals surface area contributed by atoms with Gasteiger partial charge in [0.1, 0.15) is 12.2 Å². The number of ether oxygens (including phenoxy) is 1. The van der Waals surface area contributed by atoms with Crippen LogP contribution >= 0.6 is 0 Å². The maximum atomic E-state index is 12.1. The molecule has 0 unspecified atom stereocenters. The third-order valence-electron chi connectivity index (χ3n) is 2.35. The van der Waals surface area contributed by atoms with Crippen LogP contribution in [-0.2, 0) is 11.2 Å². The highest BCUT2D eigenvalue weighted by molar-refractivity contribution is 6.08. The van der Waals surface area contributed by atoms with Crippen molar-refractivity contribution in [3.63, 3.8) is 0 Å². The molecule has 0 aliphatic rings. The maximum absolute atomic E-state index is 12.1. The molecule has 1 aromatic carbocycles. The predicted octanol–water partition coefficient (Wildman–Crippen LogP) is 0.337. The number of para-hydroxylation sites is 1. The maximum Gasteiger partial charge on any atom is 0.243 e. The van der Waals surface area contributed by atoms with Gasteiger partial charge in [0.25, 0.3) is 0 Å². The van der Waals surface area contributed by atoms with Crippen LogP contribution in [0.2, 0.25) is 0 Å². The second-order valence-electron chi connectivity index (χ2n) is 3.68. The van der Waals surface area contributed by atoms with Gasteiger partial charge in [0.05, 0.1) is 12.7 Å². The highest BCUT2D eigenvalue weighted by Crippen LogP contribution is 2.19. The number of nitrogens with zero attached hydrogens (tertiary/aromatic N) is 2. The van der Waals surface area contributed by atoms with Crippen molar-refractivity contribution in [2.45, 2.75) is 6.42 Å². The first kappa shape index (κ1) is 12.7. The summed E-state index contributed by atoms with van der Waals surface area (Å²) in [5.74, 6) is -0.780. The molecule has 0 saturated carbocycles. The summed E-state index contributed by atoms with van der Waals surface area (Å²) in [6.07, 6.45) is -0.202. The summed E-state index contributed by atoms with van der Waals surface area (Å²) >= 11 is 0. The molecule has 2 N–H and O–H groups in total. The summed E-state index contributed by atoms with van der Waals surface area (Å²) in [4.78, 5) is 26.7. The van der Waals surface area contributed by atoms with Crippen molar-refractivity contribution >= 4 is 11.7 Å². The van der Waals surface area contributed by atoms with E-state index in [-0.39, 0.29) is 18.1 Å². The first-order valence-electron chi connectivity index (χ1n) is 5.40. The van der Waals surface area contributed by atoms with Crippen LogP contribution in [0.1, 0.15) is 22.1 Å². The largest absolute Gasteiger partial charge is 0.496 e. The molecule has 1 amide bonds. The highest BCUT2D eigenvalue weighted by Gasteiger charge is 2.20. The molecular weight excluding hydrogens is 250 g/mol. The number of aromatic nitrogens is 2. The predicted molar refractivity (Wildman–Crippen MR) is 63.6 cm³/mol. The fourth-order valence-electron chi connectivity index (χ4n) is 1.52. The molecule has 1 heterocycles. The third kappa shape index (κ3) is 2.76. The van der Waals surface area contributed by atoms with Gasteiger partial charge in [-0.25, -0.2) is 0 Å². The van der Waals surface area contributed by atoms with Crippen LogP contribution in [-0.4, -0.2) is 28.9 Å². The van der Waals surface area contributed by atoms with Gasteiger partial charge in [-0.15, -0.1) is 0 Å². The second-order valence-corrected chi connectivity index (χ2v) is 3.68. The molecule has 7 nitrogen and oxygen atoms in total. The van der Waals surface area contributed by atoms with Crippen LogP contribution in [0.5, 0.6) is 5.75 Å². The van der Waals surface area contributed by atoms with Gasteiger partial charge < -0.3 is 15.0 Å². The minimum absolute atomic E-state index is 0.00532. The number of amides is 1. The van der Waals surface area contributed by atoms with Crippen molar-refractivity contribution in [2.24, 2.45) is 5.73 Å². The van der Waals surface area contributed by atoms with Gasteiger partial charge in [0.2, 0.25) is 23.4 Å². The molecule has 0 aliphatic heterocycles. The quantitative estimate of drug-likeness (QED) is 0.777. The minimum atomic E-state index is -0.611. The Hall–Kier alpha value is -2.70. The molecule has 0 radical (unpaired) electrons. The molecule has 19 heavy (non-hydrogen) atoms. The first-order chi connectivity index (χ1) is 9.11. The topological polar surface area (TPSA) is 108 Å². The average molecular weight is 261 g/mol. The Morgan fingerprint density at radius 3 is 2.79 bits per heavy atom. The van der Waals surface area contributed by atoms with Crippen LogP contribution in [0.25, 0.3) is 0 Å². The number of primary amides is 1. The molecule has 0 bridgehead atoms. The van der Waals surface area contributed by atoms with Crippen LogP contribution < -0.4 is 10.5 Å². The highest BCUT2D eigenvalue weighted by atomic mass is 16.5. The van der Waals surface area contributed by atoms with E-state index in [4.69, 9.17) is 15.0 Å². The number of benzene rings is 1. The number of nitrogens with two attached hydrogens (primary N) is 1. The molecular formula is C12H11N3O4. The number of carbonyl (C=O) groups is 2. The van der Waals surface area contributed by atoms with Crippen LogP contribution in [0.3, 0.4) is 0 Å². The Labute approximate surface area is 108 Å². The molecule has 2 rings (SSSR count). The van der Waals surface area contributed by atoms with E-state index in [1.807, 2.05) is 0 Å². The van der Waals surface area contributed by atoms with E-state index < -0.39 is 11.7 Å². The molecule has 7 heteroatoms. The van der Waals surface area contributed by atoms with Gasteiger partial charge in [-0.1, -0.05) is 17.3 Å². The van der Waals surface area contributed by atoms with Crippen LogP contribution in [0.15, 0.2) is 28.8 Å². The van der Waals surface area contributed by atoms with Crippen molar-refractivity contribution in [2.75, 3.05) is 7.11 Å². The van der Waals surface area contributed by atoms with E-state index >= 15 is 0 Å². The first-order valence-corrected chi connectivity index (χ1v) is 5.40. The van der Waals surface area contributed by atoms with Crippen molar-refractivity contribution in [3.05, 3.63) is 41.5 Å².